The molecule has 1 aliphatic rings. The van der Waals surface area contributed by atoms with Gasteiger partial charge in [-0.1, -0.05) is 24.3 Å². The van der Waals surface area contributed by atoms with Gasteiger partial charge in [-0.3, -0.25) is 9.89 Å². The van der Waals surface area contributed by atoms with E-state index in [1.807, 2.05) is 0 Å². The molecule has 5 rings (SSSR count). The third-order valence-electron chi connectivity index (χ3n) is 5.87. The second-order valence-corrected chi connectivity index (χ2v) is 8.12. The lowest BCUT2D eigenvalue weighted by Crippen LogP contribution is -2.38. The molecule has 6 nitrogen and oxygen atoms in total. The summed E-state index contributed by atoms with van der Waals surface area (Å²) < 4.78 is 33.3. The van der Waals surface area contributed by atoms with Gasteiger partial charge in [0.1, 0.15) is 29.1 Å². The Labute approximate surface area is 189 Å². The maximum Gasteiger partial charge on any atom is 0.272 e. The van der Waals surface area contributed by atoms with Crippen LogP contribution in [0, 0.1) is 11.6 Å². The molecule has 0 radical (unpaired) electrons. The zero-order valence-electron chi connectivity index (χ0n) is 17.8. The summed E-state index contributed by atoms with van der Waals surface area (Å²) in [4.78, 5) is 19.5. The Morgan fingerprint density at radius 3 is 2.76 bits per heavy atom. The van der Waals surface area contributed by atoms with Gasteiger partial charge in [0.25, 0.3) is 5.91 Å². The van der Waals surface area contributed by atoms with E-state index >= 15 is 0 Å². The molecule has 8 heteroatoms. The van der Waals surface area contributed by atoms with Gasteiger partial charge in [0.2, 0.25) is 5.89 Å². The predicted octanol–water partition coefficient (Wildman–Crippen LogP) is 5.30. The van der Waals surface area contributed by atoms with Crippen molar-refractivity contribution < 1.29 is 18.0 Å². The number of carbonyl (C=O) groups excluding carboxylic acids is 1. The van der Waals surface area contributed by atoms with Crippen molar-refractivity contribution in [2.24, 2.45) is 0 Å². The number of benzene rings is 2. The lowest BCUT2D eigenvalue weighted by atomic mass is 10.0. The number of hydrogen-bond acceptors (Lipinski definition) is 4. The fraction of sp³-hybridized carbons (Fsp3) is 0.240. The Hall–Kier alpha value is -3.81. The molecule has 1 aliphatic heterocycles. The largest absolute Gasteiger partial charge is 0.443 e. The molecular formula is C25H22F2N4O2. The van der Waals surface area contributed by atoms with E-state index in [2.05, 4.69) is 15.2 Å². The maximum atomic E-state index is 14.1. The summed E-state index contributed by atoms with van der Waals surface area (Å²) in [6.07, 6.45) is 4.70. The summed E-state index contributed by atoms with van der Waals surface area (Å²) >= 11 is 0. The summed E-state index contributed by atoms with van der Waals surface area (Å²) in [5.41, 5.74) is 1.91. The van der Waals surface area contributed by atoms with Crippen LogP contribution < -0.4 is 0 Å². The molecule has 168 valence electrons. The first-order valence-electron chi connectivity index (χ1n) is 10.9. The molecule has 0 unspecified atom stereocenters. The molecule has 0 spiro atoms. The number of H-pyrrole nitrogens is 1. The van der Waals surface area contributed by atoms with Crippen LogP contribution >= 0.6 is 0 Å². The fourth-order valence-corrected chi connectivity index (χ4v) is 4.19. The Morgan fingerprint density at radius 1 is 1.12 bits per heavy atom. The van der Waals surface area contributed by atoms with E-state index in [1.54, 1.807) is 47.5 Å². The summed E-state index contributed by atoms with van der Waals surface area (Å²) in [5, 5.41) is 6.89. The molecule has 1 atom stereocenters. The van der Waals surface area contributed by atoms with Gasteiger partial charge >= 0.3 is 0 Å². The van der Waals surface area contributed by atoms with E-state index in [-0.39, 0.29) is 17.8 Å². The highest BCUT2D eigenvalue weighted by molar-refractivity contribution is 5.93. The SMILES string of the molecule is O=C(c1cc(-c2ccccc2F)n[nH]1)N1CCCC[C@H]1c1ncc(Cc2ccc(F)cc2)o1. The Morgan fingerprint density at radius 2 is 1.94 bits per heavy atom. The van der Waals surface area contributed by atoms with Crippen molar-refractivity contribution in [3.8, 4) is 11.3 Å². The minimum atomic E-state index is -0.396. The monoisotopic (exact) mass is 448 g/mol. The zero-order chi connectivity index (χ0) is 22.8. The van der Waals surface area contributed by atoms with Crippen LogP contribution in [0.25, 0.3) is 11.3 Å². The summed E-state index contributed by atoms with van der Waals surface area (Å²) in [7, 11) is 0. The van der Waals surface area contributed by atoms with Crippen LogP contribution in [-0.4, -0.2) is 32.5 Å². The molecule has 1 N–H and O–H groups in total. The lowest BCUT2D eigenvalue weighted by molar-refractivity contribution is 0.0564. The Balaban J connectivity index is 1.35. The number of nitrogens with one attached hydrogen (secondary N) is 1. The van der Waals surface area contributed by atoms with Crippen molar-refractivity contribution >= 4 is 5.91 Å². The number of rotatable bonds is 5. The molecule has 2 aromatic heterocycles. The fourth-order valence-electron chi connectivity index (χ4n) is 4.19. The molecule has 1 amide bonds. The number of nitrogens with zero attached hydrogens (tertiary/aromatic N) is 3. The average Bonchev–Trinajstić information content (AvgIpc) is 3.51. The molecule has 4 aromatic rings. The molecule has 2 aromatic carbocycles. The van der Waals surface area contributed by atoms with Gasteiger partial charge in [-0.15, -0.1) is 0 Å². The Bertz CT molecular complexity index is 1270. The van der Waals surface area contributed by atoms with E-state index in [0.717, 1.165) is 24.8 Å². The van der Waals surface area contributed by atoms with E-state index < -0.39 is 5.82 Å². The van der Waals surface area contributed by atoms with Crippen LogP contribution in [-0.2, 0) is 6.42 Å². The van der Waals surface area contributed by atoms with Crippen LogP contribution in [0.15, 0.2) is 65.2 Å². The third kappa shape index (κ3) is 4.41. The average molecular weight is 448 g/mol. The number of piperidine rings is 1. The number of amides is 1. The molecule has 0 bridgehead atoms. The maximum absolute atomic E-state index is 14.1. The number of aromatic amines is 1. The first kappa shape index (κ1) is 21.1. The van der Waals surface area contributed by atoms with Crippen molar-refractivity contribution in [1.29, 1.82) is 0 Å². The number of aromatic nitrogens is 3. The molecular weight excluding hydrogens is 426 g/mol. The van der Waals surface area contributed by atoms with Gasteiger partial charge in [0, 0.05) is 18.5 Å². The summed E-state index contributed by atoms with van der Waals surface area (Å²) in [6.45, 7) is 0.563. The van der Waals surface area contributed by atoms with E-state index in [0.29, 0.717) is 41.6 Å². The number of oxazole rings is 1. The van der Waals surface area contributed by atoms with Crippen LogP contribution in [0.3, 0.4) is 0 Å². The van der Waals surface area contributed by atoms with Crippen molar-refractivity contribution in [3.63, 3.8) is 0 Å². The van der Waals surface area contributed by atoms with Gasteiger partial charge in [0.05, 0.1) is 11.9 Å². The quantitative estimate of drug-likeness (QED) is 0.450. The highest BCUT2D eigenvalue weighted by Crippen LogP contribution is 2.32. The third-order valence-corrected chi connectivity index (χ3v) is 5.87. The van der Waals surface area contributed by atoms with E-state index in [1.165, 1.54) is 18.2 Å². The molecule has 33 heavy (non-hydrogen) atoms. The second-order valence-electron chi connectivity index (χ2n) is 8.12. The van der Waals surface area contributed by atoms with Gasteiger partial charge in [-0.2, -0.15) is 5.10 Å². The highest BCUT2D eigenvalue weighted by Gasteiger charge is 2.33. The zero-order valence-corrected chi connectivity index (χ0v) is 17.8. The van der Waals surface area contributed by atoms with Crippen molar-refractivity contribution in [2.75, 3.05) is 6.54 Å². The minimum absolute atomic E-state index is 0.229. The highest BCUT2D eigenvalue weighted by atomic mass is 19.1. The molecule has 3 heterocycles. The number of likely N-dealkylation sites (tertiary alicyclic amines) is 1. The molecule has 0 aliphatic carbocycles. The number of hydrogen-bond donors (Lipinski definition) is 1. The van der Waals surface area contributed by atoms with Gasteiger partial charge < -0.3 is 9.32 Å². The van der Waals surface area contributed by atoms with Crippen LogP contribution in [0.5, 0.6) is 0 Å². The number of carbonyl (C=O) groups is 1. The van der Waals surface area contributed by atoms with Gasteiger partial charge in [-0.05, 0) is 55.2 Å². The molecule has 1 saturated heterocycles. The van der Waals surface area contributed by atoms with Crippen LogP contribution in [0.1, 0.15) is 53.0 Å². The first-order chi connectivity index (χ1) is 16.1. The van der Waals surface area contributed by atoms with Crippen LogP contribution in [0.2, 0.25) is 0 Å². The molecule has 1 fully saturated rings. The summed E-state index contributed by atoms with van der Waals surface area (Å²) in [6, 6.07) is 13.8. The Kier molecular flexibility index (Phi) is 5.73. The van der Waals surface area contributed by atoms with Gasteiger partial charge in [-0.25, -0.2) is 13.8 Å². The molecule has 0 saturated carbocycles. The van der Waals surface area contributed by atoms with Gasteiger partial charge in [0.15, 0.2) is 0 Å². The van der Waals surface area contributed by atoms with Crippen LogP contribution in [0.4, 0.5) is 8.78 Å². The predicted molar refractivity (Wildman–Crippen MR) is 117 cm³/mol. The van der Waals surface area contributed by atoms with E-state index in [9.17, 15) is 13.6 Å². The standard InChI is InChI=1S/C25H22F2N4O2/c26-17-10-8-16(9-11-17)13-18-15-28-24(33-18)23-7-3-4-12-31(23)25(32)22-14-21(29-30-22)19-5-1-2-6-20(19)27/h1-2,5-6,8-11,14-15,23H,3-4,7,12-13H2,(H,29,30)/t23-/m0/s1. The van der Waals surface area contributed by atoms with Crippen molar-refractivity contribution in [2.45, 2.75) is 31.7 Å². The first-order valence-corrected chi connectivity index (χ1v) is 10.9. The second kappa shape index (κ2) is 8.97. The summed E-state index contributed by atoms with van der Waals surface area (Å²) in [5.74, 6) is 0.220. The van der Waals surface area contributed by atoms with Crippen molar-refractivity contribution in [3.05, 3.63) is 95.3 Å². The van der Waals surface area contributed by atoms with E-state index in [4.69, 9.17) is 4.42 Å². The minimum Gasteiger partial charge on any atom is -0.443 e. The normalized spacial score (nSPS) is 16.2. The lowest BCUT2D eigenvalue weighted by Gasteiger charge is -2.33. The smallest absolute Gasteiger partial charge is 0.272 e. The number of halogens is 2. The topological polar surface area (TPSA) is 75.0 Å². The van der Waals surface area contributed by atoms with Crippen molar-refractivity contribution in [1.82, 2.24) is 20.1 Å².